The van der Waals surface area contributed by atoms with Gasteiger partial charge in [0.25, 0.3) is 11.4 Å². The summed E-state index contributed by atoms with van der Waals surface area (Å²) >= 11 is 0. The quantitative estimate of drug-likeness (QED) is 0.363. The second-order valence-electron chi connectivity index (χ2n) is 9.03. The molecule has 1 aliphatic rings. The molecule has 1 fully saturated rings. The minimum Gasteiger partial charge on any atom is -0.406 e. The molecule has 4 rings (SSSR count). The molecule has 0 N–H and O–H groups in total. The van der Waals surface area contributed by atoms with E-state index in [0.717, 1.165) is 18.2 Å². The molecule has 1 unspecified atom stereocenters. The highest BCUT2D eigenvalue weighted by Crippen LogP contribution is 2.35. The molecular weight excluding hydrogens is 478 g/mol. The lowest BCUT2D eigenvalue weighted by Gasteiger charge is -2.47. The number of pyridine rings is 2. The van der Waals surface area contributed by atoms with E-state index in [1.165, 1.54) is 10.6 Å². The van der Waals surface area contributed by atoms with Crippen LogP contribution in [0.2, 0.25) is 0 Å². The van der Waals surface area contributed by atoms with Crippen LogP contribution in [0.3, 0.4) is 0 Å². The van der Waals surface area contributed by atoms with Crippen molar-refractivity contribution in [3.63, 3.8) is 0 Å². The van der Waals surface area contributed by atoms with E-state index < -0.39 is 24.0 Å². The number of aryl methyl sites for hydroxylation is 1. The first-order chi connectivity index (χ1) is 16.9. The van der Waals surface area contributed by atoms with E-state index in [-0.39, 0.29) is 29.0 Å². The van der Waals surface area contributed by atoms with Gasteiger partial charge < -0.3 is 19.0 Å². The van der Waals surface area contributed by atoms with Crippen LogP contribution in [0.5, 0.6) is 5.75 Å². The molecule has 7 nitrogen and oxygen atoms in total. The number of piperazine rings is 1. The van der Waals surface area contributed by atoms with Gasteiger partial charge in [0.2, 0.25) is 5.52 Å². The average Bonchev–Trinajstić information content (AvgIpc) is 2.82. The molecule has 36 heavy (non-hydrogen) atoms. The van der Waals surface area contributed by atoms with Gasteiger partial charge in [0.15, 0.2) is 0 Å². The Morgan fingerprint density at radius 1 is 1.14 bits per heavy atom. The number of hydrogen-bond donors (Lipinski definition) is 0. The highest BCUT2D eigenvalue weighted by Gasteiger charge is 2.36. The zero-order valence-electron chi connectivity index (χ0n) is 20.2. The number of hydrogen-bond acceptors (Lipinski definition) is 5. The third-order valence-electron chi connectivity index (χ3n) is 6.66. The van der Waals surface area contributed by atoms with E-state index in [4.69, 9.17) is 6.57 Å². The van der Waals surface area contributed by atoms with Crippen molar-refractivity contribution in [3.8, 4) is 5.75 Å². The van der Waals surface area contributed by atoms with Gasteiger partial charge in [-0.25, -0.2) is 4.39 Å². The summed E-state index contributed by atoms with van der Waals surface area (Å²) in [6, 6.07) is 6.96. The van der Waals surface area contributed by atoms with Crippen LogP contribution in [0.15, 0.2) is 41.2 Å². The van der Waals surface area contributed by atoms with Gasteiger partial charge >= 0.3 is 6.36 Å². The fraction of sp³-hybridized carbons (Fsp3) is 0.400. The zero-order valence-corrected chi connectivity index (χ0v) is 20.2. The van der Waals surface area contributed by atoms with Gasteiger partial charge in [0.05, 0.1) is 11.2 Å². The van der Waals surface area contributed by atoms with Gasteiger partial charge in [-0.15, -0.1) is 18.2 Å². The molecule has 0 saturated carbocycles. The number of ether oxygens (including phenoxy) is 1. The summed E-state index contributed by atoms with van der Waals surface area (Å²) in [6.45, 7) is 13.8. The number of alkyl halides is 3. The van der Waals surface area contributed by atoms with Gasteiger partial charge in [-0.2, -0.15) is 0 Å². The third-order valence-corrected chi connectivity index (χ3v) is 6.66. The fourth-order valence-corrected chi connectivity index (χ4v) is 4.83. The lowest BCUT2D eigenvalue weighted by atomic mass is 9.99. The molecule has 0 amide bonds. The SMILES string of the molecule is [C-]#[N+]c1ccc2c(n1)c(N1C[C@@H](C)N(C(C)c3cc(OC(F)(F)F)ccc3F)C[C@@H]1C)cc(=O)n2C. The maximum absolute atomic E-state index is 14.7. The minimum absolute atomic E-state index is 0.103. The van der Waals surface area contributed by atoms with Crippen LogP contribution in [-0.2, 0) is 7.05 Å². The minimum atomic E-state index is -4.87. The monoisotopic (exact) mass is 503 g/mol. The van der Waals surface area contributed by atoms with Crippen molar-refractivity contribution >= 4 is 22.5 Å². The summed E-state index contributed by atoms with van der Waals surface area (Å²) in [5.41, 5.74) is 1.64. The van der Waals surface area contributed by atoms with E-state index in [2.05, 4.69) is 14.6 Å². The fourth-order valence-electron chi connectivity index (χ4n) is 4.83. The normalized spacial score (nSPS) is 19.8. The van der Waals surface area contributed by atoms with Crippen molar-refractivity contribution in [1.29, 1.82) is 0 Å². The number of benzene rings is 1. The smallest absolute Gasteiger partial charge is 0.406 e. The van der Waals surface area contributed by atoms with Gasteiger partial charge in [-0.05, 0) is 51.1 Å². The summed E-state index contributed by atoms with van der Waals surface area (Å²) in [6.07, 6.45) is -4.87. The Labute approximate surface area is 205 Å². The Kier molecular flexibility index (Phi) is 6.66. The lowest BCUT2D eigenvalue weighted by Crippen LogP contribution is -2.57. The van der Waals surface area contributed by atoms with Crippen LogP contribution in [0.4, 0.5) is 29.1 Å². The lowest BCUT2D eigenvalue weighted by molar-refractivity contribution is -0.274. The van der Waals surface area contributed by atoms with Crippen LogP contribution in [0.25, 0.3) is 15.9 Å². The summed E-state index contributed by atoms with van der Waals surface area (Å²) < 4.78 is 58.2. The molecule has 3 aromatic rings. The first-order valence-electron chi connectivity index (χ1n) is 11.4. The number of fused-ring (bicyclic) bond motifs is 1. The summed E-state index contributed by atoms with van der Waals surface area (Å²) in [4.78, 5) is 24.6. The van der Waals surface area contributed by atoms with Crippen LogP contribution in [0, 0.1) is 12.4 Å². The highest BCUT2D eigenvalue weighted by atomic mass is 19.4. The highest BCUT2D eigenvalue weighted by molar-refractivity contribution is 5.89. The predicted octanol–water partition coefficient (Wildman–Crippen LogP) is 5.18. The summed E-state index contributed by atoms with van der Waals surface area (Å²) in [5.74, 6) is -0.877. The van der Waals surface area contributed by atoms with Crippen LogP contribution >= 0.6 is 0 Å². The maximum atomic E-state index is 14.7. The molecule has 3 atom stereocenters. The largest absolute Gasteiger partial charge is 0.573 e. The topological polar surface area (TPSA) is 55.0 Å². The van der Waals surface area contributed by atoms with E-state index in [0.29, 0.717) is 29.8 Å². The molecule has 1 aliphatic heterocycles. The second kappa shape index (κ2) is 9.43. The van der Waals surface area contributed by atoms with Crippen molar-refractivity contribution < 1.29 is 22.3 Å². The zero-order chi connectivity index (χ0) is 26.4. The molecule has 0 aliphatic carbocycles. The maximum Gasteiger partial charge on any atom is 0.573 e. The number of anilines is 1. The Morgan fingerprint density at radius 3 is 2.53 bits per heavy atom. The predicted molar refractivity (Wildman–Crippen MR) is 128 cm³/mol. The van der Waals surface area contributed by atoms with Gasteiger partial charge in [-0.3, -0.25) is 9.69 Å². The Balaban J connectivity index is 1.66. The Bertz CT molecular complexity index is 1400. The molecule has 0 spiro atoms. The molecule has 0 radical (unpaired) electrons. The summed E-state index contributed by atoms with van der Waals surface area (Å²) in [5, 5.41) is 0. The van der Waals surface area contributed by atoms with Gasteiger partial charge in [0, 0.05) is 49.9 Å². The summed E-state index contributed by atoms with van der Waals surface area (Å²) in [7, 11) is 1.64. The van der Waals surface area contributed by atoms with Crippen molar-refractivity contribution in [2.45, 2.75) is 45.3 Å². The van der Waals surface area contributed by atoms with E-state index in [9.17, 15) is 22.4 Å². The van der Waals surface area contributed by atoms with Crippen molar-refractivity contribution in [2.24, 2.45) is 7.05 Å². The number of halogens is 4. The first kappa shape index (κ1) is 25.4. The average molecular weight is 504 g/mol. The van der Waals surface area contributed by atoms with Crippen LogP contribution in [-0.4, -0.2) is 46.0 Å². The molecule has 0 bridgehead atoms. The van der Waals surface area contributed by atoms with Crippen molar-refractivity contribution in [2.75, 3.05) is 18.0 Å². The van der Waals surface area contributed by atoms with E-state index in [1.807, 2.05) is 23.6 Å². The molecule has 11 heteroatoms. The van der Waals surface area contributed by atoms with Crippen molar-refractivity contribution in [3.05, 3.63) is 69.5 Å². The standard InChI is InChI=1S/C25H25F4N5O2/c1-14-13-34(21-11-23(35)32(5)20-8-9-22(30-4)31-24(20)21)15(2)12-33(14)16(3)18-10-17(6-7-19(18)26)36-25(27,28)29/h6-11,14-16H,12-13H2,1-3,5H3/t14-,15+,16?/m1/s1. The molecule has 2 aromatic heterocycles. The molecule has 190 valence electrons. The molecule has 1 saturated heterocycles. The molecular formula is C25H25F4N5O2. The van der Waals surface area contributed by atoms with Crippen LogP contribution in [0.1, 0.15) is 32.4 Å². The van der Waals surface area contributed by atoms with Gasteiger partial charge in [-0.1, -0.05) is 6.57 Å². The molecule has 1 aromatic carbocycles. The van der Waals surface area contributed by atoms with E-state index in [1.54, 1.807) is 26.1 Å². The Morgan fingerprint density at radius 2 is 1.86 bits per heavy atom. The third kappa shape index (κ3) is 4.86. The second-order valence-corrected chi connectivity index (χ2v) is 9.03. The molecule has 3 heterocycles. The number of rotatable bonds is 4. The van der Waals surface area contributed by atoms with E-state index >= 15 is 0 Å². The first-order valence-corrected chi connectivity index (χ1v) is 11.4. The number of nitrogens with zero attached hydrogens (tertiary/aromatic N) is 5. The van der Waals surface area contributed by atoms with Crippen molar-refractivity contribution in [1.82, 2.24) is 14.5 Å². The Hall–Kier alpha value is -3.65. The van der Waals surface area contributed by atoms with Gasteiger partial charge in [0.1, 0.15) is 11.6 Å². The number of aromatic nitrogens is 2. The van der Waals surface area contributed by atoms with Crippen LogP contribution < -0.4 is 15.2 Å².